The fourth-order valence-electron chi connectivity index (χ4n) is 2.71. The van der Waals surface area contributed by atoms with Gasteiger partial charge in [-0.1, -0.05) is 60.7 Å². The van der Waals surface area contributed by atoms with Crippen molar-refractivity contribution in [3.8, 4) is 5.75 Å². The van der Waals surface area contributed by atoms with Crippen molar-refractivity contribution in [2.75, 3.05) is 10.8 Å². The molecule has 24 heavy (non-hydrogen) atoms. The third-order valence-corrected chi connectivity index (χ3v) is 4.24. The molecule has 2 aromatic rings. The van der Waals surface area contributed by atoms with Gasteiger partial charge < -0.3 is 4.74 Å². The second kappa shape index (κ2) is 7.37. The van der Waals surface area contributed by atoms with Crippen LogP contribution in [0.2, 0.25) is 0 Å². The SMILES string of the molecule is C=C(CCl)CC1C=Cc2ccccc2N1C(=O)Oc1ccccc1. The molecule has 0 aromatic heterocycles. The molecule has 1 amide bonds. The van der Waals surface area contributed by atoms with Crippen molar-refractivity contribution in [1.29, 1.82) is 0 Å². The van der Waals surface area contributed by atoms with Crippen LogP contribution in [0.4, 0.5) is 10.5 Å². The van der Waals surface area contributed by atoms with Crippen molar-refractivity contribution in [1.82, 2.24) is 0 Å². The maximum atomic E-state index is 12.8. The summed E-state index contributed by atoms with van der Waals surface area (Å²) < 4.78 is 5.55. The lowest BCUT2D eigenvalue weighted by Gasteiger charge is -2.33. The summed E-state index contributed by atoms with van der Waals surface area (Å²) in [4.78, 5) is 14.5. The fraction of sp³-hybridized carbons (Fsp3) is 0.150. The highest BCUT2D eigenvalue weighted by molar-refractivity contribution is 6.19. The number of ether oxygens (including phenoxy) is 1. The van der Waals surface area contributed by atoms with Gasteiger partial charge in [0.1, 0.15) is 5.75 Å². The highest BCUT2D eigenvalue weighted by Crippen LogP contribution is 2.32. The van der Waals surface area contributed by atoms with Crippen molar-refractivity contribution >= 4 is 29.5 Å². The number of rotatable bonds is 4. The highest BCUT2D eigenvalue weighted by atomic mass is 35.5. The van der Waals surface area contributed by atoms with Gasteiger partial charge in [0, 0.05) is 5.88 Å². The molecule has 0 saturated heterocycles. The van der Waals surface area contributed by atoms with E-state index >= 15 is 0 Å². The minimum Gasteiger partial charge on any atom is -0.410 e. The minimum absolute atomic E-state index is 0.164. The number of carbonyl (C=O) groups is 1. The minimum atomic E-state index is -0.412. The van der Waals surface area contributed by atoms with Crippen LogP contribution >= 0.6 is 11.6 Å². The first-order chi connectivity index (χ1) is 11.7. The van der Waals surface area contributed by atoms with E-state index in [-0.39, 0.29) is 6.04 Å². The van der Waals surface area contributed by atoms with E-state index in [1.807, 2.05) is 54.6 Å². The zero-order chi connectivity index (χ0) is 16.9. The molecule has 0 spiro atoms. The molecule has 3 rings (SSSR count). The second-order valence-corrected chi connectivity index (χ2v) is 5.89. The standard InChI is InChI=1S/C20H18ClNO2/c1-15(14-21)13-17-12-11-16-7-5-6-10-19(16)22(17)20(23)24-18-8-3-2-4-9-18/h2-12,17H,1,13-14H2. The molecule has 122 valence electrons. The first-order valence-electron chi connectivity index (χ1n) is 7.75. The quantitative estimate of drug-likeness (QED) is 0.560. The van der Waals surface area contributed by atoms with Crippen LogP contribution in [0, 0.1) is 0 Å². The molecular formula is C20H18ClNO2. The fourth-order valence-corrected chi connectivity index (χ4v) is 2.82. The van der Waals surface area contributed by atoms with E-state index in [9.17, 15) is 4.79 Å². The van der Waals surface area contributed by atoms with Gasteiger partial charge in [-0.2, -0.15) is 0 Å². The number of amides is 1. The highest BCUT2D eigenvalue weighted by Gasteiger charge is 2.29. The molecule has 2 aromatic carbocycles. The molecule has 1 heterocycles. The Morgan fingerprint density at radius 2 is 1.83 bits per heavy atom. The normalized spacial score (nSPS) is 15.7. The Hall–Kier alpha value is -2.52. The lowest BCUT2D eigenvalue weighted by Crippen LogP contribution is -2.43. The summed E-state index contributed by atoms with van der Waals surface area (Å²) >= 11 is 5.87. The Morgan fingerprint density at radius 1 is 1.12 bits per heavy atom. The summed E-state index contributed by atoms with van der Waals surface area (Å²) in [7, 11) is 0. The van der Waals surface area contributed by atoms with E-state index in [1.54, 1.807) is 17.0 Å². The first-order valence-corrected chi connectivity index (χ1v) is 8.28. The Bertz CT molecular complexity index is 770. The van der Waals surface area contributed by atoms with Crippen molar-refractivity contribution in [2.24, 2.45) is 0 Å². The lowest BCUT2D eigenvalue weighted by molar-refractivity contribution is 0.206. The third kappa shape index (κ3) is 3.52. The molecule has 1 aliphatic rings. The molecule has 3 nitrogen and oxygen atoms in total. The molecule has 1 aliphatic heterocycles. The smallest absolute Gasteiger partial charge is 0.410 e. The molecule has 0 fully saturated rings. The van der Waals surface area contributed by atoms with Crippen molar-refractivity contribution in [3.63, 3.8) is 0 Å². The van der Waals surface area contributed by atoms with Gasteiger partial charge in [-0.15, -0.1) is 11.6 Å². The van der Waals surface area contributed by atoms with E-state index in [0.717, 1.165) is 16.8 Å². The van der Waals surface area contributed by atoms with Crippen LogP contribution in [0.1, 0.15) is 12.0 Å². The van der Waals surface area contributed by atoms with Crippen molar-refractivity contribution in [3.05, 3.63) is 78.4 Å². The van der Waals surface area contributed by atoms with Gasteiger partial charge in [0.05, 0.1) is 11.7 Å². The molecule has 1 unspecified atom stereocenters. The summed E-state index contributed by atoms with van der Waals surface area (Å²) in [6.45, 7) is 3.96. The zero-order valence-electron chi connectivity index (χ0n) is 13.2. The second-order valence-electron chi connectivity index (χ2n) is 5.62. The lowest BCUT2D eigenvalue weighted by atomic mass is 9.99. The van der Waals surface area contributed by atoms with Crippen LogP contribution in [0.3, 0.4) is 0 Å². The van der Waals surface area contributed by atoms with Gasteiger partial charge in [0.25, 0.3) is 0 Å². The summed E-state index contributed by atoms with van der Waals surface area (Å²) in [6.07, 6.45) is 4.20. The van der Waals surface area contributed by atoms with Gasteiger partial charge in [-0.05, 0) is 30.2 Å². The Kier molecular flexibility index (Phi) is 5.02. The molecule has 0 saturated carbocycles. The van der Waals surface area contributed by atoms with Crippen LogP contribution in [0.5, 0.6) is 5.75 Å². The number of nitrogens with zero attached hydrogens (tertiary/aromatic N) is 1. The monoisotopic (exact) mass is 339 g/mol. The number of para-hydroxylation sites is 2. The number of benzene rings is 2. The van der Waals surface area contributed by atoms with Gasteiger partial charge in [0.15, 0.2) is 0 Å². The number of hydrogen-bond donors (Lipinski definition) is 0. The molecule has 1 atom stereocenters. The zero-order valence-corrected chi connectivity index (χ0v) is 13.9. The molecule has 0 bridgehead atoms. The van der Waals surface area contributed by atoms with Crippen LogP contribution in [0.15, 0.2) is 72.8 Å². The number of alkyl halides is 1. The molecular weight excluding hydrogens is 322 g/mol. The maximum Gasteiger partial charge on any atom is 0.420 e. The molecule has 0 aliphatic carbocycles. The number of carbonyl (C=O) groups excluding carboxylic acids is 1. The number of anilines is 1. The summed E-state index contributed by atoms with van der Waals surface area (Å²) in [5.41, 5.74) is 2.69. The number of halogens is 1. The average Bonchev–Trinajstić information content (AvgIpc) is 2.62. The number of hydrogen-bond acceptors (Lipinski definition) is 2. The van der Waals surface area contributed by atoms with Crippen molar-refractivity contribution in [2.45, 2.75) is 12.5 Å². The summed E-state index contributed by atoms with van der Waals surface area (Å²) in [5, 5.41) is 0. The first kappa shape index (κ1) is 16.3. The van der Waals surface area contributed by atoms with Gasteiger partial charge in [-0.3, -0.25) is 4.90 Å². The van der Waals surface area contributed by atoms with E-state index < -0.39 is 6.09 Å². The maximum absolute atomic E-state index is 12.8. The Morgan fingerprint density at radius 3 is 2.58 bits per heavy atom. The van der Waals surface area contributed by atoms with E-state index in [0.29, 0.717) is 18.1 Å². The largest absolute Gasteiger partial charge is 0.420 e. The molecule has 0 N–H and O–H groups in total. The predicted molar refractivity (Wildman–Crippen MR) is 98.7 cm³/mol. The van der Waals surface area contributed by atoms with Gasteiger partial charge >= 0.3 is 6.09 Å². The van der Waals surface area contributed by atoms with Crippen LogP contribution in [0.25, 0.3) is 6.08 Å². The van der Waals surface area contributed by atoms with Gasteiger partial charge in [0.2, 0.25) is 0 Å². The average molecular weight is 340 g/mol. The summed E-state index contributed by atoms with van der Waals surface area (Å²) in [6, 6.07) is 16.6. The topological polar surface area (TPSA) is 29.5 Å². The van der Waals surface area contributed by atoms with E-state index in [2.05, 4.69) is 6.58 Å². The molecule has 0 radical (unpaired) electrons. The van der Waals surface area contributed by atoms with Crippen molar-refractivity contribution < 1.29 is 9.53 Å². The summed E-state index contributed by atoms with van der Waals surface area (Å²) in [5.74, 6) is 0.887. The predicted octanol–water partition coefficient (Wildman–Crippen LogP) is 5.27. The van der Waals surface area contributed by atoms with Crippen LogP contribution < -0.4 is 9.64 Å². The Labute approximate surface area is 146 Å². The van der Waals surface area contributed by atoms with E-state index in [4.69, 9.17) is 16.3 Å². The molecule has 4 heteroatoms. The number of fused-ring (bicyclic) bond motifs is 1. The van der Waals surface area contributed by atoms with Crippen LogP contribution in [-0.2, 0) is 0 Å². The van der Waals surface area contributed by atoms with Crippen LogP contribution in [-0.4, -0.2) is 18.0 Å². The Balaban J connectivity index is 1.91. The third-order valence-electron chi connectivity index (χ3n) is 3.86. The van der Waals surface area contributed by atoms with E-state index in [1.165, 1.54) is 0 Å². The van der Waals surface area contributed by atoms with Gasteiger partial charge in [-0.25, -0.2) is 4.79 Å².